The minimum absolute atomic E-state index is 0.00828. The number of amides is 1. The maximum Gasteiger partial charge on any atom is 0.266 e. The van der Waals surface area contributed by atoms with Gasteiger partial charge < -0.3 is 24.7 Å². The van der Waals surface area contributed by atoms with E-state index in [-0.39, 0.29) is 23.5 Å². The Morgan fingerprint density at radius 2 is 1.85 bits per heavy atom. The van der Waals surface area contributed by atoms with E-state index in [2.05, 4.69) is 0 Å². The summed E-state index contributed by atoms with van der Waals surface area (Å²) in [5.41, 5.74) is 8.86. The summed E-state index contributed by atoms with van der Waals surface area (Å²) < 4.78 is 18.0. The molecule has 2 aliphatic carbocycles. The van der Waals surface area contributed by atoms with Crippen molar-refractivity contribution in [3.63, 3.8) is 0 Å². The van der Waals surface area contributed by atoms with Gasteiger partial charge in [0, 0.05) is 30.2 Å². The molecule has 2 saturated carbocycles. The highest BCUT2D eigenvalue weighted by atomic mass is 32.2. The van der Waals surface area contributed by atoms with Gasteiger partial charge in [-0.05, 0) is 98.2 Å². The highest BCUT2D eigenvalue weighted by Crippen LogP contribution is 2.49. The van der Waals surface area contributed by atoms with Crippen LogP contribution in [0.3, 0.4) is 0 Å². The molecule has 2 bridgehead atoms. The van der Waals surface area contributed by atoms with Gasteiger partial charge in [0.25, 0.3) is 5.91 Å². The van der Waals surface area contributed by atoms with Gasteiger partial charge in [0.15, 0.2) is 0 Å². The molecular weight excluding hydrogens is 621 g/mol. The smallest absolute Gasteiger partial charge is 0.266 e. The number of ether oxygens (including phenoxy) is 2. The largest absolute Gasteiger partial charge is 0.508 e. The number of benzene rings is 2. The van der Waals surface area contributed by atoms with E-state index in [9.17, 15) is 14.7 Å². The van der Waals surface area contributed by atoms with E-state index < -0.39 is 6.04 Å². The third-order valence-corrected chi connectivity index (χ3v) is 10.9. The lowest BCUT2D eigenvalue weighted by Gasteiger charge is -2.30. The number of Topliss-reactive ketones (excluding diaryl/α,β-unsaturated/α-hetero) is 1. The van der Waals surface area contributed by atoms with Gasteiger partial charge in [0.05, 0.1) is 25.2 Å². The molecule has 46 heavy (non-hydrogen) atoms. The molecule has 3 aliphatic rings. The first-order valence-corrected chi connectivity index (χ1v) is 17.1. The number of ketones is 1. The minimum atomic E-state index is -0.597. The van der Waals surface area contributed by atoms with Gasteiger partial charge in [0.2, 0.25) is 0 Å². The van der Waals surface area contributed by atoms with Crippen LogP contribution >= 0.6 is 24.0 Å². The van der Waals surface area contributed by atoms with Crippen molar-refractivity contribution < 1.29 is 28.6 Å². The summed E-state index contributed by atoms with van der Waals surface area (Å²) in [4.78, 5) is 28.9. The molecule has 1 amide bonds. The lowest BCUT2D eigenvalue weighted by molar-refractivity contribution is -0.124. The molecule has 0 spiro atoms. The molecule has 3 unspecified atom stereocenters. The number of thiocarbonyl (C=S) groups is 1. The second-order valence-electron chi connectivity index (χ2n) is 12.5. The molecule has 1 saturated heterocycles. The van der Waals surface area contributed by atoms with Crippen LogP contribution in [0.2, 0.25) is 0 Å². The Morgan fingerprint density at radius 3 is 2.50 bits per heavy atom. The number of nitrogens with two attached hydrogens (primary N) is 1. The molecule has 3 fully saturated rings. The molecule has 0 radical (unpaired) electrons. The van der Waals surface area contributed by atoms with E-state index in [1.165, 1.54) is 31.0 Å². The molecule has 10 heteroatoms. The van der Waals surface area contributed by atoms with Crippen molar-refractivity contribution in [3.8, 4) is 28.6 Å². The molecule has 2 heterocycles. The number of furan rings is 1. The summed E-state index contributed by atoms with van der Waals surface area (Å²) in [5.74, 6) is 3.93. The van der Waals surface area contributed by atoms with E-state index in [4.69, 9.17) is 31.8 Å². The van der Waals surface area contributed by atoms with Crippen molar-refractivity contribution in [1.82, 2.24) is 4.90 Å². The van der Waals surface area contributed by atoms with E-state index in [1.807, 2.05) is 29.2 Å². The third kappa shape index (κ3) is 7.04. The molecule has 3 aromatic rings. The lowest BCUT2D eigenvalue weighted by atomic mass is 9.94. The fraction of sp³-hybridized carbons (Fsp3) is 0.417. The van der Waals surface area contributed by atoms with Crippen LogP contribution in [0.15, 0.2) is 57.9 Å². The number of rotatable bonds is 13. The van der Waals surface area contributed by atoms with Crippen LogP contribution in [0.1, 0.15) is 61.8 Å². The van der Waals surface area contributed by atoms with Crippen molar-refractivity contribution >= 4 is 46.1 Å². The zero-order valence-electron chi connectivity index (χ0n) is 26.2. The molecular formula is C36H40N2O6S2. The molecule has 3 N–H and O–H groups in total. The Hall–Kier alpha value is -3.60. The fourth-order valence-electron chi connectivity index (χ4n) is 7.06. The Bertz CT molecular complexity index is 1630. The van der Waals surface area contributed by atoms with E-state index in [1.54, 1.807) is 44.6 Å². The monoisotopic (exact) mass is 660 g/mol. The van der Waals surface area contributed by atoms with Crippen LogP contribution in [0, 0.1) is 11.8 Å². The number of aromatic hydroxyl groups is 1. The number of carbonyl (C=O) groups excluding carboxylic acids is 2. The Balaban J connectivity index is 1.18. The third-order valence-electron chi connectivity index (χ3n) is 9.52. The second-order valence-corrected chi connectivity index (χ2v) is 14.2. The first-order valence-electron chi connectivity index (χ1n) is 15.9. The second kappa shape index (κ2) is 14.0. The highest BCUT2D eigenvalue weighted by Gasteiger charge is 2.48. The van der Waals surface area contributed by atoms with E-state index in [0.717, 1.165) is 29.5 Å². The van der Waals surface area contributed by atoms with Crippen molar-refractivity contribution in [2.24, 2.45) is 17.6 Å². The summed E-state index contributed by atoms with van der Waals surface area (Å²) >= 11 is 7.08. The number of methoxy groups -OCH3 is 2. The molecule has 2 aromatic carbocycles. The zero-order valence-corrected chi connectivity index (χ0v) is 27.8. The average Bonchev–Trinajstić information content (AvgIpc) is 3.84. The molecule has 4 atom stereocenters. The van der Waals surface area contributed by atoms with Gasteiger partial charge in [-0.3, -0.25) is 14.5 Å². The highest BCUT2D eigenvalue weighted by molar-refractivity contribution is 8.26. The van der Waals surface area contributed by atoms with Gasteiger partial charge in [0.1, 0.15) is 38.9 Å². The molecule has 8 nitrogen and oxygen atoms in total. The first-order chi connectivity index (χ1) is 22.2. The van der Waals surface area contributed by atoms with Crippen LogP contribution in [-0.4, -0.2) is 52.3 Å². The minimum Gasteiger partial charge on any atom is -0.508 e. The van der Waals surface area contributed by atoms with Gasteiger partial charge in [-0.25, -0.2) is 0 Å². The van der Waals surface area contributed by atoms with Gasteiger partial charge >= 0.3 is 0 Å². The number of thioether (sulfide) groups is 1. The van der Waals surface area contributed by atoms with Crippen LogP contribution in [0.4, 0.5) is 0 Å². The topological polar surface area (TPSA) is 115 Å². The Labute approximate surface area is 279 Å². The fourth-order valence-corrected chi connectivity index (χ4v) is 8.41. The van der Waals surface area contributed by atoms with Crippen LogP contribution in [0.25, 0.3) is 17.4 Å². The zero-order chi connectivity index (χ0) is 32.4. The van der Waals surface area contributed by atoms with Gasteiger partial charge in [-0.1, -0.05) is 42.5 Å². The van der Waals surface area contributed by atoms with Crippen LogP contribution in [-0.2, 0) is 22.4 Å². The summed E-state index contributed by atoms with van der Waals surface area (Å²) in [6.45, 7) is 0. The number of hydrogen-bond donors (Lipinski definition) is 2. The van der Waals surface area contributed by atoms with Crippen molar-refractivity contribution in [2.75, 3.05) is 14.2 Å². The average molecular weight is 661 g/mol. The maximum atomic E-state index is 13.7. The maximum absolute atomic E-state index is 13.7. The number of hydrogen-bond acceptors (Lipinski definition) is 9. The van der Waals surface area contributed by atoms with Crippen LogP contribution < -0.4 is 15.2 Å². The number of aryl methyl sites for hydroxylation is 1. The first kappa shape index (κ1) is 32.3. The summed E-state index contributed by atoms with van der Waals surface area (Å²) in [7, 11) is 3.21. The number of fused-ring (bicyclic) bond motifs is 2. The predicted octanol–water partition coefficient (Wildman–Crippen LogP) is 6.91. The summed E-state index contributed by atoms with van der Waals surface area (Å²) in [6.07, 6.45) is 9.36. The summed E-state index contributed by atoms with van der Waals surface area (Å²) in [5, 5.41) is 9.51. The van der Waals surface area contributed by atoms with Gasteiger partial charge in [-0.2, -0.15) is 0 Å². The lowest BCUT2D eigenvalue weighted by Crippen LogP contribution is -2.41. The standard InChI is InChI=1S/C36H40N2O6S2/c1-42-27-16-25(17-28(19-27)43-2)32-18-24(5-3-4-6-31(40)29(37)14-21-8-11-26(39)12-9-21)33(44-32)20-34-35(41)38(36(45)46-34)30-15-22-7-10-23(30)13-22/h8-9,11-12,16-20,22-23,29-30,39H,3-7,10,13-15,37H2,1-2H3/b34-20-/t22?,23?,29-,30?/m0/s1. The number of phenols is 1. The Morgan fingerprint density at radius 1 is 1.11 bits per heavy atom. The molecule has 1 aliphatic heterocycles. The molecule has 242 valence electrons. The number of phenolic OH excluding ortho intramolecular Hbond substituents is 1. The van der Waals surface area contributed by atoms with Crippen molar-refractivity contribution in [1.29, 1.82) is 0 Å². The Kier molecular flexibility index (Phi) is 9.86. The number of nitrogens with zero attached hydrogens (tertiary/aromatic N) is 1. The van der Waals surface area contributed by atoms with E-state index in [0.29, 0.717) is 69.8 Å². The predicted molar refractivity (Wildman–Crippen MR) is 184 cm³/mol. The van der Waals surface area contributed by atoms with Gasteiger partial charge in [-0.15, -0.1) is 0 Å². The SMILES string of the molecule is COc1cc(OC)cc(-c2cc(CCCCC(=O)[C@@H](N)Cc3ccc(O)cc3)c(/C=C3\SC(=S)N(C4CC5CCC4C5)C3=O)o2)c1. The summed E-state index contributed by atoms with van der Waals surface area (Å²) in [6, 6.07) is 13.9. The molecule has 6 rings (SSSR count). The van der Waals surface area contributed by atoms with Crippen molar-refractivity contribution in [3.05, 3.63) is 70.3 Å². The number of carbonyl (C=O) groups is 2. The quantitative estimate of drug-likeness (QED) is 0.115. The van der Waals surface area contributed by atoms with Crippen LogP contribution in [0.5, 0.6) is 17.2 Å². The number of unbranched alkanes of at least 4 members (excludes halogenated alkanes) is 1. The van der Waals surface area contributed by atoms with Crippen molar-refractivity contribution in [2.45, 2.75) is 69.9 Å². The molecule has 1 aromatic heterocycles. The van der Waals surface area contributed by atoms with E-state index >= 15 is 0 Å². The normalized spacial score (nSPS) is 22.2.